The first-order valence-corrected chi connectivity index (χ1v) is 9.60. The number of methoxy groups -OCH3 is 1. The Morgan fingerprint density at radius 3 is 2.00 bits per heavy atom. The molecule has 0 spiro atoms. The molecule has 1 N–H and O–H groups in total. The summed E-state index contributed by atoms with van der Waals surface area (Å²) in [6.07, 6.45) is 0. The third-order valence-corrected chi connectivity index (χ3v) is 5.16. The van der Waals surface area contributed by atoms with Crippen molar-refractivity contribution in [2.24, 2.45) is 0 Å². The molecule has 0 aromatic heterocycles. The van der Waals surface area contributed by atoms with Gasteiger partial charge in [-0.25, -0.2) is 17.6 Å². The minimum absolute atomic E-state index is 0.0124. The third kappa shape index (κ3) is 4.66. The summed E-state index contributed by atoms with van der Waals surface area (Å²) in [5, 5.41) is 0. The van der Waals surface area contributed by atoms with Crippen LogP contribution in [0, 0.1) is 5.82 Å². The molecule has 0 aliphatic heterocycles. The van der Waals surface area contributed by atoms with Crippen molar-refractivity contribution in [1.29, 1.82) is 0 Å². The van der Waals surface area contributed by atoms with Crippen molar-refractivity contribution < 1.29 is 27.1 Å². The van der Waals surface area contributed by atoms with Gasteiger partial charge in [-0.2, -0.15) is 0 Å². The molecule has 0 saturated heterocycles. The molecule has 0 fully saturated rings. The Hall–Kier alpha value is -3.39. The van der Waals surface area contributed by atoms with Crippen molar-refractivity contribution in [3.05, 3.63) is 84.2 Å². The van der Waals surface area contributed by atoms with Gasteiger partial charge in [0.2, 0.25) is 0 Å². The summed E-state index contributed by atoms with van der Waals surface area (Å²) in [6.45, 7) is 0. The maximum absolute atomic E-state index is 12.9. The van der Waals surface area contributed by atoms with Crippen LogP contribution in [0.3, 0.4) is 0 Å². The van der Waals surface area contributed by atoms with E-state index in [2.05, 4.69) is 4.72 Å². The number of carbonyl (C=O) groups excluding carboxylic acids is 1. The van der Waals surface area contributed by atoms with Crippen molar-refractivity contribution in [1.82, 2.24) is 0 Å². The van der Waals surface area contributed by atoms with Crippen LogP contribution in [0.1, 0.15) is 10.4 Å². The van der Waals surface area contributed by atoms with E-state index in [1.54, 1.807) is 24.3 Å². The normalized spacial score (nSPS) is 10.9. The molecule has 3 aromatic rings. The van der Waals surface area contributed by atoms with Crippen LogP contribution in [0.5, 0.6) is 11.5 Å². The number of hydrogen-bond acceptors (Lipinski definition) is 5. The molecule has 0 unspecified atom stereocenters. The number of sulfonamides is 1. The lowest BCUT2D eigenvalue weighted by Gasteiger charge is -2.09. The second-order valence-electron chi connectivity index (χ2n) is 5.70. The van der Waals surface area contributed by atoms with Gasteiger partial charge >= 0.3 is 5.97 Å². The Morgan fingerprint density at radius 2 is 1.43 bits per heavy atom. The Kier molecular flexibility index (Phi) is 5.60. The second kappa shape index (κ2) is 8.10. The summed E-state index contributed by atoms with van der Waals surface area (Å²) in [5.74, 6) is -0.339. The number of benzene rings is 3. The van der Waals surface area contributed by atoms with Crippen LogP contribution in [0.2, 0.25) is 0 Å². The summed E-state index contributed by atoms with van der Waals surface area (Å²) < 4.78 is 50.4. The number of hydrogen-bond donors (Lipinski definition) is 1. The maximum Gasteiger partial charge on any atom is 0.343 e. The molecular weight excluding hydrogens is 385 g/mol. The van der Waals surface area contributed by atoms with E-state index in [-0.39, 0.29) is 16.2 Å². The summed E-state index contributed by atoms with van der Waals surface area (Å²) in [4.78, 5) is 12.1. The molecule has 0 atom stereocenters. The summed E-state index contributed by atoms with van der Waals surface area (Å²) >= 11 is 0. The van der Waals surface area contributed by atoms with E-state index >= 15 is 0 Å². The van der Waals surface area contributed by atoms with Crippen LogP contribution in [-0.4, -0.2) is 21.5 Å². The van der Waals surface area contributed by atoms with Gasteiger partial charge in [0.25, 0.3) is 10.0 Å². The van der Waals surface area contributed by atoms with Crippen LogP contribution in [0.25, 0.3) is 0 Å². The summed E-state index contributed by atoms with van der Waals surface area (Å²) in [5.41, 5.74) is 0.535. The lowest BCUT2D eigenvalue weighted by atomic mass is 10.2. The molecule has 0 bridgehead atoms. The van der Waals surface area contributed by atoms with Crippen LogP contribution in [0.15, 0.2) is 77.7 Å². The van der Waals surface area contributed by atoms with Gasteiger partial charge in [-0.05, 0) is 72.8 Å². The highest BCUT2D eigenvalue weighted by molar-refractivity contribution is 7.92. The molecule has 144 valence electrons. The standard InChI is InChI=1S/C20H16FNO5S/c1-26-17-10-6-16(7-11-17)22-28(24,25)19-12-2-14(3-13-19)20(23)27-18-8-4-15(21)5-9-18/h2-13,22H,1H3. The largest absolute Gasteiger partial charge is 0.497 e. The molecule has 0 aliphatic carbocycles. The highest BCUT2D eigenvalue weighted by Gasteiger charge is 2.16. The highest BCUT2D eigenvalue weighted by atomic mass is 32.2. The fourth-order valence-electron chi connectivity index (χ4n) is 2.31. The van der Waals surface area contributed by atoms with Crippen molar-refractivity contribution in [3.63, 3.8) is 0 Å². The van der Waals surface area contributed by atoms with Gasteiger partial charge in [-0.1, -0.05) is 0 Å². The lowest BCUT2D eigenvalue weighted by molar-refractivity contribution is 0.0734. The molecule has 0 radical (unpaired) electrons. The fourth-order valence-corrected chi connectivity index (χ4v) is 3.37. The molecule has 6 nitrogen and oxygen atoms in total. The number of rotatable bonds is 6. The SMILES string of the molecule is COc1ccc(NS(=O)(=O)c2ccc(C(=O)Oc3ccc(F)cc3)cc2)cc1. The van der Waals surface area contributed by atoms with E-state index in [1.807, 2.05) is 0 Å². The average Bonchev–Trinajstić information content (AvgIpc) is 2.70. The number of halogens is 1. The molecule has 3 rings (SSSR count). The Morgan fingerprint density at radius 1 is 0.857 bits per heavy atom. The van der Waals surface area contributed by atoms with Crippen molar-refractivity contribution in [2.45, 2.75) is 4.90 Å². The number of esters is 1. The zero-order valence-electron chi connectivity index (χ0n) is 14.8. The number of anilines is 1. The van der Waals surface area contributed by atoms with Crippen molar-refractivity contribution >= 4 is 21.7 Å². The monoisotopic (exact) mass is 401 g/mol. The Labute approximate surface area is 161 Å². The number of ether oxygens (including phenoxy) is 2. The molecule has 8 heteroatoms. The Bertz CT molecular complexity index is 1060. The lowest BCUT2D eigenvalue weighted by Crippen LogP contribution is -2.14. The Balaban J connectivity index is 1.71. The predicted octanol–water partition coefficient (Wildman–Crippen LogP) is 3.85. The van der Waals surface area contributed by atoms with Crippen LogP contribution in [-0.2, 0) is 10.0 Å². The molecule has 0 amide bonds. The van der Waals surface area contributed by atoms with E-state index in [1.165, 1.54) is 55.6 Å². The van der Waals surface area contributed by atoms with E-state index < -0.39 is 21.8 Å². The summed E-state index contributed by atoms with van der Waals surface area (Å²) in [7, 11) is -2.31. The molecule has 28 heavy (non-hydrogen) atoms. The van der Waals surface area contributed by atoms with Gasteiger partial charge in [-0.3, -0.25) is 4.72 Å². The first kappa shape index (κ1) is 19.4. The zero-order valence-corrected chi connectivity index (χ0v) is 15.6. The second-order valence-corrected chi connectivity index (χ2v) is 7.38. The van der Waals surface area contributed by atoms with E-state index in [4.69, 9.17) is 9.47 Å². The quantitative estimate of drug-likeness (QED) is 0.501. The van der Waals surface area contributed by atoms with Crippen molar-refractivity contribution in [3.8, 4) is 11.5 Å². The topological polar surface area (TPSA) is 81.7 Å². The number of carbonyl (C=O) groups is 1. The van der Waals surface area contributed by atoms with Crippen molar-refractivity contribution in [2.75, 3.05) is 11.8 Å². The van der Waals surface area contributed by atoms with Gasteiger partial charge in [0.05, 0.1) is 17.6 Å². The van der Waals surface area contributed by atoms with Gasteiger partial charge < -0.3 is 9.47 Å². The third-order valence-electron chi connectivity index (χ3n) is 3.77. The maximum atomic E-state index is 12.9. The minimum atomic E-state index is -3.82. The van der Waals surface area contributed by atoms with Gasteiger partial charge in [0.1, 0.15) is 17.3 Å². The van der Waals surface area contributed by atoms with E-state index in [9.17, 15) is 17.6 Å². The molecule has 0 heterocycles. The minimum Gasteiger partial charge on any atom is -0.497 e. The van der Waals surface area contributed by atoms with Crippen LogP contribution >= 0.6 is 0 Å². The fraction of sp³-hybridized carbons (Fsp3) is 0.0500. The molecular formula is C20H16FNO5S. The molecule has 3 aromatic carbocycles. The zero-order chi connectivity index (χ0) is 20.1. The first-order chi connectivity index (χ1) is 13.4. The first-order valence-electron chi connectivity index (χ1n) is 8.12. The molecule has 0 aliphatic rings. The number of nitrogens with one attached hydrogen (secondary N) is 1. The summed E-state index contributed by atoms with van der Waals surface area (Å²) in [6, 6.07) is 16.7. The smallest absolute Gasteiger partial charge is 0.343 e. The van der Waals surface area contributed by atoms with Gasteiger partial charge in [-0.15, -0.1) is 0 Å². The van der Waals surface area contributed by atoms with E-state index in [0.717, 1.165) is 0 Å². The highest BCUT2D eigenvalue weighted by Crippen LogP contribution is 2.20. The van der Waals surface area contributed by atoms with Crippen LogP contribution < -0.4 is 14.2 Å². The van der Waals surface area contributed by atoms with Gasteiger partial charge in [0.15, 0.2) is 0 Å². The average molecular weight is 401 g/mol. The predicted molar refractivity (Wildman–Crippen MR) is 102 cm³/mol. The van der Waals surface area contributed by atoms with Gasteiger partial charge in [0, 0.05) is 5.69 Å². The molecule has 0 saturated carbocycles. The van der Waals surface area contributed by atoms with Crippen LogP contribution in [0.4, 0.5) is 10.1 Å². The van der Waals surface area contributed by atoms with E-state index in [0.29, 0.717) is 11.4 Å².